The van der Waals surface area contributed by atoms with E-state index in [-0.39, 0.29) is 44.7 Å². The van der Waals surface area contributed by atoms with Crippen LogP contribution in [0.1, 0.15) is 51.2 Å². The van der Waals surface area contributed by atoms with E-state index in [1.807, 2.05) is 53.1 Å². The largest absolute Gasteiger partial charge is 0.456 e. The first kappa shape index (κ1) is 27.5. The zero-order valence-electron chi connectivity index (χ0n) is 43.2. The molecule has 0 saturated heterocycles. The van der Waals surface area contributed by atoms with E-state index < -0.39 is 60.4 Å². The highest BCUT2D eigenvalue weighted by atomic mass is 16.5. The number of benzene rings is 7. The van der Waals surface area contributed by atoms with E-state index in [1.54, 1.807) is 69.9 Å². The molecule has 0 fully saturated rings. The summed E-state index contributed by atoms with van der Waals surface area (Å²) in [7, 11) is 0. The second-order valence-electron chi connectivity index (χ2n) is 15.4. The van der Waals surface area contributed by atoms with Gasteiger partial charge in [-0.3, -0.25) is 13.7 Å². The Balaban J connectivity index is 1.17. The van der Waals surface area contributed by atoms with E-state index in [2.05, 4.69) is 45.2 Å². The standard InChI is InChI=1S/C55H39N5O/c1-5-37-26-27-48-46(30-37)47-31-40(35-56)52(34-51(47)60(48)53-32-41(28-29-57-53)55(2,3)4)61-43-21-14-20-42(33-43)58-36-59(50-25-13-12-24-49(50)58)54-44(38-16-8-6-9-17-38)22-15-23-45(54)39-18-10-7-11-19-39/h1,6-34H,2-4H3/i6D,7D,8D,9D,10D,11D,16D,17D,18D,19D. The number of rotatable bonds is 7. The van der Waals surface area contributed by atoms with Gasteiger partial charge in [-0.25, -0.2) is 4.98 Å². The smallest absolute Gasteiger partial charge is 0.269 e. The van der Waals surface area contributed by atoms with Crippen molar-refractivity contribution in [3.8, 4) is 69.4 Å². The molecule has 0 unspecified atom stereocenters. The molecule has 0 N–H and O–H groups in total. The first-order chi connectivity index (χ1) is 33.9. The van der Waals surface area contributed by atoms with Crippen molar-refractivity contribution in [2.75, 3.05) is 0 Å². The van der Waals surface area contributed by atoms with Gasteiger partial charge in [0.1, 0.15) is 23.4 Å². The van der Waals surface area contributed by atoms with Crippen LogP contribution in [0.2, 0.25) is 0 Å². The molecule has 0 atom stereocenters. The minimum Gasteiger partial charge on any atom is -0.456 e. The number of terminal acetylenes is 1. The summed E-state index contributed by atoms with van der Waals surface area (Å²) in [6.07, 6.45) is 11.0. The Morgan fingerprint density at radius 3 is 2.15 bits per heavy atom. The third-order valence-corrected chi connectivity index (χ3v) is 10.7. The predicted octanol–water partition coefficient (Wildman–Crippen LogP) is 12.5. The van der Waals surface area contributed by atoms with Crippen molar-refractivity contribution in [1.82, 2.24) is 14.1 Å². The SMILES string of the molecule is [2H]c1c([2H])c([2H])c(-c2cccc(-c3c([2H])c([2H])c([2H])c([2H])c3[2H])c2-[n+]2[c-]n(-c3cccc(Oc4cc5c(cc4C#N)c4cc(C#C)ccc4n5-c4cc(C(C)(C)C)ccn4)c3)c3ccccc32)c([2H])c1[2H]. The average Bonchev–Trinajstić information content (AvgIpc) is 3.91. The van der Waals surface area contributed by atoms with Crippen molar-refractivity contribution in [2.24, 2.45) is 0 Å². The van der Waals surface area contributed by atoms with Crippen LogP contribution in [0.25, 0.3) is 72.3 Å². The lowest BCUT2D eigenvalue weighted by molar-refractivity contribution is -0.571. The van der Waals surface area contributed by atoms with Crippen LogP contribution < -0.4 is 9.30 Å². The van der Waals surface area contributed by atoms with Crippen molar-refractivity contribution >= 4 is 32.8 Å². The molecule has 6 nitrogen and oxygen atoms in total. The lowest BCUT2D eigenvalue weighted by Gasteiger charge is -2.20. The average molecular weight is 796 g/mol. The number of aromatic nitrogens is 4. The van der Waals surface area contributed by atoms with Crippen LogP contribution in [0.5, 0.6) is 11.5 Å². The third kappa shape index (κ3) is 6.58. The van der Waals surface area contributed by atoms with Crippen molar-refractivity contribution in [2.45, 2.75) is 26.2 Å². The van der Waals surface area contributed by atoms with E-state index in [1.165, 1.54) is 0 Å². The van der Waals surface area contributed by atoms with E-state index in [0.717, 1.165) is 27.4 Å². The molecule has 0 aliphatic rings. The molecule has 7 aromatic carbocycles. The summed E-state index contributed by atoms with van der Waals surface area (Å²) in [5.41, 5.74) is 5.16. The van der Waals surface area contributed by atoms with Gasteiger partial charge in [0.05, 0.1) is 52.7 Å². The highest BCUT2D eigenvalue weighted by Gasteiger charge is 2.22. The quantitative estimate of drug-likeness (QED) is 0.0917. The van der Waals surface area contributed by atoms with Crippen molar-refractivity contribution in [3.63, 3.8) is 0 Å². The molecule has 0 aliphatic heterocycles. The lowest BCUT2D eigenvalue weighted by atomic mass is 9.88. The van der Waals surface area contributed by atoms with Gasteiger partial charge in [0.25, 0.3) is 6.33 Å². The molecule has 61 heavy (non-hydrogen) atoms. The molecular formula is C55H39N5O. The summed E-state index contributed by atoms with van der Waals surface area (Å²) in [4.78, 5) is 4.80. The van der Waals surface area contributed by atoms with Crippen molar-refractivity contribution in [3.05, 3.63) is 199 Å². The van der Waals surface area contributed by atoms with Gasteiger partial charge >= 0.3 is 0 Å². The third-order valence-electron chi connectivity index (χ3n) is 10.7. The molecule has 0 saturated carbocycles. The number of hydrogen-bond donors (Lipinski definition) is 0. The molecule has 6 heteroatoms. The highest BCUT2D eigenvalue weighted by Crippen LogP contribution is 2.39. The second kappa shape index (κ2) is 14.9. The van der Waals surface area contributed by atoms with Crippen LogP contribution in [0.4, 0.5) is 0 Å². The maximum absolute atomic E-state index is 10.6. The summed E-state index contributed by atoms with van der Waals surface area (Å²) in [6.45, 7) is 6.40. The number of imidazole rings is 1. The Kier molecular flexibility index (Phi) is 6.71. The molecule has 0 spiro atoms. The minimum atomic E-state index is -0.587. The Labute approximate surface area is 368 Å². The molecule has 3 aromatic heterocycles. The number of ether oxygens (including phenoxy) is 1. The first-order valence-electron chi connectivity index (χ1n) is 24.4. The molecule has 0 amide bonds. The second-order valence-corrected chi connectivity index (χ2v) is 15.4. The van der Waals surface area contributed by atoms with Gasteiger partial charge in [-0.05, 0) is 87.8 Å². The molecule has 290 valence electrons. The van der Waals surface area contributed by atoms with Crippen LogP contribution in [-0.2, 0) is 5.41 Å². The molecule has 10 rings (SSSR count). The Morgan fingerprint density at radius 2 is 1.44 bits per heavy atom. The molecular weight excluding hydrogens is 747 g/mol. The van der Waals surface area contributed by atoms with Crippen molar-refractivity contribution < 1.29 is 23.0 Å². The number of para-hydroxylation sites is 3. The zero-order chi connectivity index (χ0) is 50.4. The van der Waals surface area contributed by atoms with E-state index in [0.29, 0.717) is 33.9 Å². The fraction of sp³-hybridized carbons (Fsp3) is 0.0727. The number of hydrogen-bond acceptors (Lipinski definition) is 3. The summed E-state index contributed by atoms with van der Waals surface area (Å²) in [6, 6.07) is 29.3. The zero-order valence-corrected chi connectivity index (χ0v) is 33.2. The summed E-state index contributed by atoms with van der Waals surface area (Å²) in [5, 5.41) is 12.2. The van der Waals surface area contributed by atoms with Crippen LogP contribution in [0.15, 0.2) is 176 Å². The molecule has 10 aromatic rings. The van der Waals surface area contributed by atoms with E-state index in [9.17, 15) is 5.26 Å². The van der Waals surface area contributed by atoms with Crippen LogP contribution in [0.3, 0.4) is 0 Å². The monoisotopic (exact) mass is 795 g/mol. The Bertz CT molecular complexity index is 3860. The van der Waals surface area contributed by atoms with Gasteiger partial charge in [-0.15, -0.1) is 6.42 Å². The van der Waals surface area contributed by atoms with Crippen LogP contribution in [0, 0.1) is 30.0 Å². The van der Waals surface area contributed by atoms with Gasteiger partial charge in [0, 0.05) is 28.6 Å². The van der Waals surface area contributed by atoms with Crippen molar-refractivity contribution in [1.29, 1.82) is 5.26 Å². The van der Waals surface area contributed by atoms with E-state index in [4.69, 9.17) is 29.9 Å². The highest BCUT2D eigenvalue weighted by molar-refractivity contribution is 6.10. The predicted molar refractivity (Wildman–Crippen MR) is 245 cm³/mol. The number of pyridine rings is 1. The van der Waals surface area contributed by atoms with Gasteiger partial charge in [0.15, 0.2) is 0 Å². The van der Waals surface area contributed by atoms with Crippen LogP contribution in [-0.4, -0.2) is 14.1 Å². The van der Waals surface area contributed by atoms with Gasteiger partial charge in [-0.1, -0.05) is 136 Å². The number of fused-ring (bicyclic) bond motifs is 4. The maximum Gasteiger partial charge on any atom is 0.269 e. The lowest BCUT2D eigenvalue weighted by Crippen LogP contribution is -2.31. The number of nitrogens with zero attached hydrogens (tertiary/aromatic N) is 5. The van der Waals surface area contributed by atoms with E-state index >= 15 is 0 Å². The molecule has 0 bridgehead atoms. The van der Waals surface area contributed by atoms with Gasteiger partial charge < -0.3 is 4.74 Å². The fourth-order valence-corrected chi connectivity index (χ4v) is 7.75. The van der Waals surface area contributed by atoms with Gasteiger partial charge in [-0.2, -0.15) is 5.26 Å². The normalized spacial score (nSPS) is 13.8. The molecule has 3 heterocycles. The molecule has 0 radical (unpaired) electrons. The summed E-state index contributed by atoms with van der Waals surface area (Å²) >= 11 is 0. The Morgan fingerprint density at radius 1 is 0.738 bits per heavy atom. The first-order valence-corrected chi connectivity index (χ1v) is 19.4. The molecule has 0 aliphatic carbocycles. The Hall–Kier alpha value is -8.19. The summed E-state index contributed by atoms with van der Waals surface area (Å²) < 4.78 is 98.9. The minimum absolute atomic E-state index is 0.125. The number of nitriles is 1. The fourth-order valence-electron chi connectivity index (χ4n) is 7.75. The maximum atomic E-state index is 10.6. The van der Waals surface area contributed by atoms with Crippen LogP contribution >= 0.6 is 0 Å². The van der Waals surface area contributed by atoms with Gasteiger partial charge in [0.2, 0.25) is 0 Å². The topological polar surface area (TPSA) is 59.6 Å². The summed E-state index contributed by atoms with van der Waals surface area (Å²) in [5.74, 6) is 4.04.